The Kier molecular flexibility index (Phi) is 3.79. The molecule has 0 aromatic carbocycles. The maximum absolute atomic E-state index is 6.07. The molecule has 1 aliphatic rings. The van der Waals surface area contributed by atoms with Crippen LogP contribution in [0, 0.1) is 5.92 Å². The number of alkyl halides is 1. The summed E-state index contributed by atoms with van der Waals surface area (Å²) >= 11 is 6.07. The van der Waals surface area contributed by atoms with Crippen LogP contribution in [0.2, 0.25) is 0 Å². The van der Waals surface area contributed by atoms with Crippen LogP contribution in [-0.2, 0) is 0 Å². The fourth-order valence-electron chi connectivity index (χ4n) is 2.57. The molecule has 1 aromatic rings. The highest BCUT2D eigenvalue weighted by Crippen LogP contribution is 2.33. The number of aromatic nitrogens is 4. The lowest BCUT2D eigenvalue weighted by Gasteiger charge is -2.28. The van der Waals surface area contributed by atoms with Gasteiger partial charge in [0.05, 0.1) is 11.4 Å². The molecule has 0 bridgehead atoms. The van der Waals surface area contributed by atoms with Gasteiger partial charge in [-0.15, -0.1) is 16.7 Å². The summed E-state index contributed by atoms with van der Waals surface area (Å²) in [7, 11) is 0. The Balaban J connectivity index is 2.12. The molecular formula is C11H19ClN4. The van der Waals surface area contributed by atoms with Gasteiger partial charge < -0.3 is 0 Å². The minimum absolute atomic E-state index is 0.124. The highest BCUT2D eigenvalue weighted by molar-refractivity contribution is 6.20. The Morgan fingerprint density at radius 2 is 1.94 bits per heavy atom. The third-order valence-electron chi connectivity index (χ3n) is 3.59. The van der Waals surface area contributed by atoms with Gasteiger partial charge in [0.15, 0.2) is 5.82 Å². The van der Waals surface area contributed by atoms with Crippen LogP contribution in [0.1, 0.15) is 63.2 Å². The molecule has 1 aliphatic carbocycles. The van der Waals surface area contributed by atoms with E-state index in [4.69, 9.17) is 11.6 Å². The average molecular weight is 243 g/mol. The first-order valence-corrected chi connectivity index (χ1v) is 6.55. The van der Waals surface area contributed by atoms with Gasteiger partial charge in [0, 0.05) is 0 Å². The summed E-state index contributed by atoms with van der Waals surface area (Å²) in [6.07, 6.45) is 6.62. The second-order valence-electron chi connectivity index (χ2n) is 4.74. The molecule has 16 heavy (non-hydrogen) atoms. The molecule has 1 saturated carbocycles. The normalized spacial score (nSPS) is 21.9. The van der Waals surface area contributed by atoms with E-state index in [1.165, 1.54) is 32.1 Å². The van der Waals surface area contributed by atoms with Crippen LogP contribution in [-0.4, -0.2) is 20.2 Å². The summed E-state index contributed by atoms with van der Waals surface area (Å²) in [5.74, 6) is 1.49. The fraction of sp³-hybridized carbons (Fsp3) is 0.909. The third kappa shape index (κ3) is 2.37. The van der Waals surface area contributed by atoms with Gasteiger partial charge >= 0.3 is 0 Å². The van der Waals surface area contributed by atoms with Crippen molar-refractivity contribution in [3.8, 4) is 0 Å². The van der Waals surface area contributed by atoms with Crippen LogP contribution in [0.15, 0.2) is 0 Å². The second-order valence-corrected chi connectivity index (χ2v) is 5.39. The lowest BCUT2D eigenvalue weighted by Crippen LogP contribution is -2.22. The highest BCUT2D eigenvalue weighted by atomic mass is 35.5. The van der Waals surface area contributed by atoms with Crippen molar-refractivity contribution < 1.29 is 0 Å². The summed E-state index contributed by atoms with van der Waals surface area (Å²) < 4.78 is 1.91. The van der Waals surface area contributed by atoms with Crippen molar-refractivity contribution in [2.45, 2.75) is 57.4 Å². The zero-order valence-electron chi connectivity index (χ0n) is 9.93. The van der Waals surface area contributed by atoms with Crippen LogP contribution >= 0.6 is 11.6 Å². The molecular weight excluding hydrogens is 224 g/mol. The number of nitrogens with zero attached hydrogens (tertiary/aromatic N) is 4. The quantitative estimate of drug-likeness (QED) is 0.765. The molecule has 1 aromatic heterocycles. The topological polar surface area (TPSA) is 43.6 Å². The van der Waals surface area contributed by atoms with E-state index >= 15 is 0 Å². The van der Waals surface area contributed by atoms with Crippen LogP contribution in [0.4, 0.5) is 0 Å². The van der Waals surface area contributed by atoms with Crippen molar-refractivity contribution in [3.63, 3.8) is 0 Å². The van der Waals surface area contributed by atoms with E-state index < -0.39 is 0 Å². The molecule has 0 radical (unpaired) electrons. The molecule has 2 unspecified atom stereocenters. The van der Waals surface area contributed by atoms with Crippen LogP contribution in [0.3, 0.4) is 0 Å². The van der Waals surface area contributed by atoms with Gasteiger partial charge in [-0.25, -0.2) is 4.68 Å². The third-order valence-corrected chi connectivity index (χ3v) is 3.79. The van der Waals surface area contributed by atoms with Gasteiger partial charge in [0.25, 0.3) is 0 Å². The molecule has 2 atom stereocenters. The van der Waals surface area contributed by atoms with Crippen LogP contribution < -0.4 is 0 Å². The molecule has 0 N–H and O–H groups in total. The maximum Gasteiger partial charge on any atom is 0.169 e. The molecule has 1 fully saturated rings. The summed E-state index contributed by atoms with van der Waals surface area (Å²) in [4.78, 5) is 0. The standard InChI is InChI=1S/C11H19ClN4/c1-8(12)11-13-14-15-16(11)9(2)10-6-4-3-5-7-10/h8-10H,3-7H2,1-2H3. The Hall–Kier alpha value is -0.640. The summed E-state index contributed by atoms with van der Waals surface area (Å²) in [5.41, 5.74) is 0. The Bertz CT molecular complexity index is 330. The molecule has 90 valence electrons. The summed E-state index contributed by atoms with van der Waals surface area (Å²) in [6, 6.07) is 0.367. The number of rotatable bonds is 3. The molecule has 4 nitrogen and oxygen atoms in total. The first-order chi connectivity index (χ1) is 7.70. The van der Waals surface area contributed by atoms with E-state index in [1.54, 1.807) is 0 Å². The SMILES string of the molecule is CC(Cl)c1nnnn1C(C)C1CCCCC1. The van der Waals surface area contributed by atoms with Gasteiger partial charge in [-0.2, -0.15) is 0 Å². The van der Waals surface area contributed by atoms with Crippen LogP contribution in [0.25, 0.3) is 0 Å². The van der Waals surface area contributed by atoms with Crippen molar-refractivity contribution in [3.05, 3.63) is 5.82 Å². The van der Waals surface area contributed by atoms with Crippen molar-refractivity contribution >= 4 is 11.6 Å². The smallest absolute Gasteiger partial charge is 0.169 e. The number of hydrogen-bond donors (Lipinski definition) is 0. The minimum Gasteiger partial charge on any atom is -0.225 e. The lowest BCUT2D eigenvalue weighted by atomic mass is 9.84. The fourth-order valence-corrected chi connectivity index (χ4v) is 2.71. The lowest BCUT2D eigenvalue weighted by molar-refractivity contribution is 0.243. The Morgan fingerprint density at radius 1 is 1.25 bits per heavy atom. The van der Waals surface area contributed by atoms with Gasteiger partial charge in [-0.05, 0) is 43.0 Å². The van der Waals surface area contributed by atoms with Gasteiger partial charge in [-0.1, -0.05) is 19.3 Å². The first-order valence-electron chi connectivity index (χ1n) is 6.12. The van der Waals surface area contributed by atoms with E-state index in [0.29, 0.717) is 12.0 Å². The van der Waals surface area contributed by atoms with Gasteiger partial charge in [0.1, 0.15) is 0 Å². The predicted molar refractivity (Wildman–Crippen MR) is 63.4 cm³/mol. The van der Waals surface area contributed by atoms with Crippen molar-refractivity contribution in [1.29, 1.82) is 0 Å². The highest BCUT2D eigenvalue weighted by Gasteiger charge is 2.25. The average Bonchev–Trinajstić information content (AvgIpc) is 2.78. The number of halogens is 1. The predicted octanol–water partition coefficient (Wildman–Crippen LogP) is 3.11. The van der Waals surface area contributed by atoms with Crippen molar-refractivity contribution in [1.82, 2.24) is 20.2 Å². The van der Waals surface area contributed by atoms with E-state index in [-0.39, 0.29) is 5.38 Å². The number of hydrogen-bond acceptors (Lipinski definition) is 3. The molecule has 0 saturated heterocycles. The van der Waals surface area contributed by atoms with Crippen molar-refractivity contribution in [2.75, 3.05) is 0 Å². The monoisotopic (exact) mass is 242 g/mol. The van der Waals surface area contributed by atoms with E-state index in [9.17, 15) is 0 Å². The molecule has 2 rings (SSSR count). The van der Waals surface area contributed by atoms with Gasteiger partial charge in [-0.3, -0.25) is 0 Å². The molecule has 0 amide bonds. The van der Waals surface area contributed by atoms with E-state index in [2.05, 4.69) is 22.4 Å². The second kappa shape index (κ2) is 5.13. The molecule has 5 heteroatoms. The zero-order chi connectivity index (χ0) is 11.5. The Labute approximate surface area is 101 Å². The first kappa shape index (κ1) is 11.8. The summed E-state index contributed by atoms with van der Waals surface area (Å²) in [5, 5.41) is 11.7. The largest absolute Gasteiger partial charge is 0.225 e. The van der Waals surface area contributed by atoms with E-state index in [0.717, 1.165) is 5.82 Å². The molecule has 0 aliphatic heterocycles. The maximum atomic E-state index is 6.07. The van der Waals surface area contributed by atoms with Crippen LogP contribution in [0.5, 0.6) is 0 Å². The minimum atomic E-state index is -0.124. The number of tetrazole rings is 1. The zero-order valence-corrected chi connectivity index (χ0v) is 10.7. The molecule has 1 heterocycles. The Morgan fingerprint density at radius 3 is 2.56 bits per heavy atom. The van der Waals surface area contributed by atoms with Gasteiger partial charge in [0.2, 0.25) is 0 Å². The van der Waals surface area contributed by atoms with Crippen molar-refractivity contribution in [2.24, 2.45) is 5.92 Å². The summed E-state index contributed by atoms with van der Waals surface area (Å²) in [6.45, 7) is 4.12. The van der Waals surface area contributed by atoms with E-state index in [1.807, 2.05) is 11.6 Å². The molecule has 0 spiro atoms.